The lowest BCUT2D eigenvalue weighted by molar-refractivity contribution is 0.168. The Bertz CT molecular complexity index is 641. The highest BCUT2D eigenvalue weighted by Gasteiger charge is 2.29. The van der Waals surface area contributed by atoms with E-state index in [1.807, 2.05) is 13.8 Å². The third-order valence-electron chi connectivity index (χ3n) is 4.11. The Hall–Kier alpha value is -2.14. The minimum absolute atomic E-state index is 0.292. The first kappa shape index (κ1) is 25.9. The first-order valence-corrected chi connectivity index (χ1v) is 13.0. The number of carbonyl (C=O) groups excluding carboxylic acids is 2. The third-order valence-corrected chi connectivity index (χ3v) is 7.17. The van der Waals surface area contributed by atoms with Gasteiger partial charge in [-0.15, -0.1) is 0 Å². The van der Waals surface area contributed by atoms with Crippen molar-refractivity contribution in [1.82, 2.24) is 10.6 Å². The second-order valence-electron chi connectivity index (χ2n) is 6.66. The van der Waals surface area contributed by atoms with E-state index in [2.05, 4.69) is 27.8 Å². The number of hydrogen-bond donors (Lipinski definition) is 4. The van der Waals surface area contributed by atoms with Crippen LogP contribution >= 0.6 is 0 Å². The van der Waals surface area contributed by atoms with Crippen molar-refractivity contribution < 1.29 is 23.2 Å². The molecule has 10 heteroatoms. The van der Waals surface area contributed by atoms with Crippen LogP contribution in [0.3, 0.4) is 0 Å². The van der Waals surface area contributed by atoms with E-state index in [0.717, 1.165) is 19.0 Å². The summed E-state index contributed by atoms with van der Waals surface area (Å²) in [7, 11) is -2.05. The third kappa shape index (κ3) is 11.1. The van der Waals surface area contributed by atoms with Crippen LogP contribution in [0.15, 0.2) is 24.3 Å². The summed E-state index contributed by atoms with van der Waals surface area (Å²) in [6, 6.07) is 7.48. The molecule has 0 unspecified atom stereocenters. The molecule has 0 aliphatic carbocycles. The fourth-order valence-corrected chi connectivity index (χ4v) is 5.27. The molecule has 9 nitrogen and oxygen atoms in total. The Labute approximate surface area is 180 Å². The van der Waals surface area contributed by atoms with Gasteiger partial charge in [0.2, 0.25) is 0 Å². The molecule has 4 N–H and O–H groups in total. The summed E-state index contributed by atoms with van der Waals surface area (Å²) in [6.45, 7) is 11.5. The van der Waals surface area contributed by atoms with Crippen LogP contribution in [0.4, 0.5) is 21.0 Å². The zero-order valence-electron chi connectivity index (χ0n) is 18.5. The van der Waals surface area contributed by atoms with Gasteiger partial charge in [0, 0.05) is 37.7 Å². The van der Waals surface area contributed by atoms with Gasteiger partial charge >= 0.3 is 20.7 Å². The van der Waals surface area contributed by atoms with Gasteiger partial charge in [0.1, 0.15) is 0 Å². The van der Waals surface area contributed by atoms with Gasteiger partial charge in [0.15, 0.2) is 0 Å². The molecule has 0 spiro atoms. The van der Waals surface area contributed by atoms with Crippen LogP contribution < -0.4 is 21.3 Å². The van der Waals surface area contributed by atoms with Crippen LogP contribution in [-0.4, -0.2) is 60.1 Å². The lowest BCUT2D eigenvalue weighted by Gasteiger charge is -2.25. The number of anilines is 2. The molecule has 0 bridgehead atoms. The maximum atomic E-state index is 12.0. The molecule has 0 aromatic heterocycles. The van der Waals surface area contributed by atoms with E-state index in [1.165, 1.54) is 0 Å². The van der Waals surface area contributed by atoms with Gasteiger partial charge < -0.3 is 29.5 Å². The number of ether oxygens (including phenoxy) is 1. The van der Waals surface area contributed by atoms with Crippen molar-refractivity contribution >= 4 is 32.1 Å². The maximum absolute atomic E-state index is 12.0. The molecule has 170 valence electrons. The molecule has 0 radical (unpaired) electrons. The molecule has 1 rings (SSSR count). The Balaban J connectivity index is 2.23. The average Bonchev–Trinajstić information content (AvgIpc) is 2.68. The molecule has 0 saturated carbocycles. The van der Waals surface area contributed by atoms with E-state index in [4.69, 9.17) is 13.6 Å². The minimum Gasteiger partial charge on any atom is -0.450 e. The minimum atomic E-state index is -2.05. The van der Waals surface area contributed by atoms with Crippen molar-refractivity contribution in [3.8, 4) is 0 Å². The molecule has 0 atom stereocenters. The second-order valence-corrected chi connectivity index (χ2v) is 10.0. The van der Waals surface area contributed by atoms with E-state index in [0.29, 0.717) is 44.3 Å². The topological polar surface area (TPSA) is 110 Å². The summed E-state index contributed by atoms with van der Waals surface area (Å²) in [5, 5.41) is 11.4. The highest BCUT2D eigenvalue weighted by Crippen LogP contribution is 2.16. The van der Waals surface area contributed by atoms with Crippen molar-refractivity contribution in [2.45, 2.75) is 39.8 Å². The molecule has 0 heterocycles. The highest BCUT2D eigenvalue weighted by atomic mass is 28.4. The summed E-state index contributed by atoms with van der Waals surface area (Å²) in [5.74, 6) is 0. The summed E-state index contributed by atoms with van der Waals surface area (Å²) < 4.78 is 16.5. The van der Waals surface area contributed by atoms with Gasteiger partial charge in [-0.2, -0.15) is 0 Å². The first-order valence-electron chi connectivity index (χ1n) is 10.5. The number of rotatable bonds is 14. The van der Waals surface area contributed by atoms with Crippen LogP contribution in [0, 0.1) is 0 Å². The van der Waals surface area contributed by atoms with E-state index in [-0.39, 0.29) is 6.03 Å². The monoisotopic (exact) mass is 440 g/mol. The van der Waals surface area contributed by atoms with Crippen LogP contribution in [-0.2, 0) is 13.6 Å². The van der Waals surface area contributed by atoms with Crippen molar-refractivity contribution in [2.75, 3.05) is 50.1 Å². The molecular weight excluding hydrogens is 404 g/mol. The van der Waals surface area contributed by atoms with Gasteiger partial charge in [-0.25, -0.2) is 9.59 Å². The number of urea groups is 1. The van der Waals surface area contributed by atoms with E-state index >= 15 is 0 Å². The van der Waals surface area contributed by atoms with Crippen LogP contribution in [0.2, 0.25) is 12.6 Å². The lowest BCUT2D eigenvalue weighted by Crippen LogP contribution is -2.39. The Morgan fingerprint density at radius 1 is 0.933 bits per heavy atom. The molecule has 3 amide bonds. The van der Waals surface area contributed by atoms with Gasteiger partial charge in [-0.3, -0.25) is 5.32 Å². The zero-order valence-corrected chi connectivity index (χ0v) is 19.5. The van der Waals surface area contributed by atoms with Gasteiger partial charge in [-0.1, -0.05) is 6.07 Å². The SMILES string of the molecule is CCOC(=O)Nc1cccc(NC(=O)NCCNCCC[Si](C)(OCC)OCC)c1. The van der Waals surface area contributed by atoms with Gasteiger partial charge in [0.25, 0.3) is 0 Å². The largest absolute Gasteiger partial charge is 0.450 e. The normalized spacial score (nSPS) is 11.1. The van der Waals surface area contributed by atoms with Gasteiger partial charge in [-0.05, 0) is 64.5 Å². The van der Waals surface area contributed by atoms with E-state index in [1.54, 1.807) is 31.2 Å². The summed E-state index contributed by atoms with van der Waals surface area (Å²) in [6.07, 6.45) is 0.436. The number of amides is 3. The molecule has 0 fully saturated rings. The Kier molecular flexibility index (Phi) is 12.8. The molecule has 0 aliphatic rings. The van der Waals surface area contributed by atoms with E-state index in [9.17, 15) is 9.59 Å². The molecular formula is C20H36N4O5Si. The molecule has 30 heavy (non-hydrogen) atoms. The predicted octanol–water partition coefficient (Wildman–Crippen LogP) is 3.50. The van der Waals surface area contributed by atoms with Crippen molar-refractivity contribution in [3.63, 3.8) is 0 Å². The van der Waals surface area contributed by atoms with Crippen LogP contribution in [0.25, 0.3) is 0 Å². The van der Waals surface area contributed by atoms with Crippen LogP contribution in [0.5, 0.6) is 0 Å². The maximum Gasteiger partial charge on any atom is 0.411 e. The molecule has 0 saturated heterocycles. The Morgan fingerprint density at radius 3 is 2.23 bits per heavy atom. The number of carbonyl (C=O) groups is 2. The number of nitrogens with one attached hydrogen (secondary N) is 4. The fourth-order valence-electron chi connectivity index (χ4n) is 2.86. The molecule has 1 aromatic carbocycles. The summed E-state index contributed by atoms with van der Waals surface area (Å²) in [5.41, 5.74) is 1.12. The fraction of sp³-hybridized carbons (Fsp3) is 0.600. The van der Waals surface area contributed by atoms with Crippen LogP contribution in [0.1, 0.15) is 27.2 Å². The van der Waals surface area contributed by atoms with E-state index < -0.39 is 14.7 Å². The van der Waals surface area contributed by atoms with Crippen molar-refractivity contribution in [1.29, 1.82) is 0 Å². The average molecular weight is 441 g/mol. The smallest absolute Gasteiger partial charge is 0.411 e. The summed E-state index contributed by atoms with van der Waals surface area (Å²) in [4.78, 5) is 23.5. The quantitative estimate of drug-likeness (QED) is 0.260. The zero-order chi connectivity index (χ0) is 22.2. The van der Waals surface area contributed by atoms with Gasteiger partial charge in [0.05, 0.1) is 6.61 Å². The van der Waals surface area contributed by atoms with Crippen molar-refractivity contribution in [2.24, 2.45) is 0 Å². The standard InChI is InChI=1S/C20H36N4O5Si/c1-5-27-20(26)24-18-11-8-10-17(16-18)23-19(25)22-14-13-21-12-9-15-30(4,28-6-2)29-7-3/h8,10-11,16,21H,5-7,9,12-15H2,1-4H3,(H,24,26)(H2,22,23,25). The second kappa shape index (κ2) is 14.8. The Morgan fingerprint density at radius 2 is 1.60 bits per heavy atom. The van der Waals surface area contributed by atoms with Crippen molar-refractivity contribution in [3.05, 3.63) is 24.3 Å². The predicted molar refractivity (Wildman–Crippen MR) is 121 cm³/mol. The summed E-state index contributed by atoms with van der Waals surface area (Å²) >= 11 is 0. The highest BCUT2D eigenvalue weighted by molar-refractivity contribution is 6.66. The number of benzene rings is 1. The lowest BCUT2D eigenvalue weighted by atomic mass is 10.3. The first-order chi connectivity index (χ1) is 14.4. The molecule has 0 aliphatic heterocycles. The number of hydrogen-bond acceptors (Lipinski definition) is 6. The molecule has 1 aromatic rings.